The molecule has 2 heterocycles. The molecular weight excluding hydrogens is 166 g/mol. The minimum Gasteiger partial charge on any atom is -0.399 e. The number of pyridine rings is 1. The summed E-state index contributed by atoms with van der Waals surface area (Å²) in [7, 11) is 0. The number of aliphatic hydroxyl groups is 1. The van der Waals surface area contributed by atoms with Gasteiger partial charge in [-0.2, -0.15) is 0 Å². The van der Waals surface area contributed by atoms with Crippen LogP contribution in [0.4, 0.5) is 11.5 Å². The summed E-state index contributed by atoms with van der Waals surface area (Å²) in [5.74, 6) is 0.858. The van der Waals surface area contributed by atoms with Gasteiger partial charge in [-0.3, -0.25) is 0 Å². The van der Waals surface area contributed by atoms with Crippen molar-refractivity contribution in [1.82, 2.24) is 4.98 Å². The molecule has 70 valence electrons. The minimum absolute atomic E-state index is 0.219. The van der Waals surface area contributed by atoms with Crippen molar-refractivity contribution < 1.29 is 5.11 Å². The molecule has 4 heteroatoms. The van der Waals surface area contributed by atoms with Crippen LogP contribution in [0.2, 0.25) is 0 Å². The number of nitrogens with zero attached hydrogens (tertiary/aromatic N) is 2. The Morgan fingerprint density at radius 1 is 1.62 bits per heavy atom. The number of anilines is 2. The molecule has 1 aliphatic heterocycles. The van der Waals surface area contributed by atoms with Crippen LogP contribution < -0.4 is 10.6 Å². The second-order valence-electron chi connectivity index (χ2n) is 3.34. The molecule has 13 heavy (non-hydrogen) atoms. The van der Waals surface area contributed by atoms with E-state index in [1.807, 2.05) is 11.0 Å². The summed E-state index contributed by atoms with van der Waals surface area (Å²) in [6.45, 7) is 1.52. The molecule has 0 radical (unpaired) electrons. The highest BCUT2D eigenvalue weighted by Gasteiger charge is 2.20. The van der Waals surface area contributed by atoms with Gasteiger partial charge in [0.1, 0.15) is 5.82 Å². The van der Waals surface area contributed by atoms with Crippen LogP contribution in [-0.4, -0.2) is 29.3 Å². The monoisotopic (exact) mass is 179 g/mol. The molecule has 4 nitrogen and oxygen atoms in total. The van der Waals surface area contributed by atoms with Gasteiger partial charge >= 0.3 is 0 Å². The Morgan fingerprint density at radius 2 is 2.46 bits per heavy atom. The van der Waals surface area contributed by atoms with E-state index in [0.717, 1.165) is 18.8 Å². The molecule has 3 N–H and O–H groups in total. The van der Waals surface area contributed by atoms with Crippen LogP contribution in [0.3, 0.4) is 0 Å². The molecule has 1 fully saturated rings. The standard InChI is InChI=1S/C9H13N3O/c10-7-1-3-11-9(5-7)12-4-2-8(13)6-12/h1,3,5,8,13H,2,4,6H2,(H2,10,11)/t8-/m1/s1. The first-order chi connectivity index (χ1) is 6.25. The van der Waals surface area contributed by atoms with E-state index >= 15 is 0 Å². The minimum atomic E-state index is -0.219. The highest BCUT2D eigenvalue weighted by molar-refractivity contribution is 5.50. The number of rotatable bonds is 1. The maximum atomic E-state index is 9.33. The Kier molecular flexibility index (Phi) is 2.06. The van der Waals surface area contributed by atoms with Gasteiger partial charge in [-0.05, 0) is 12.5 Å². The molecular formula is C9H13N3O. The second kappa shape index (κ2) is 3.22. The van der Waals surface area contributed by atoms with Crippen molar-refractivity contribution in [3.8, 4) is 0 Å². The van der Waals surface area contributed by atoms with Crippen LogP contribution in [-0.2, 0) is 0 Å². The average Bonchev–Trinajstić information content (AvgIpc) is 2.52. The zero-order valence-electron chi connectivity index (χ0n) is 7.35. The average molecular weight is 179 g/mol. The van der Waals surface area contributed by atoms with Crippen molar-refractivity contribution in [2.24, 2.45) is 0 Å². The molecule has 1 atom stereocenters. The summed E-state index contributed by atoms with van der Waals surface area (Å²) in [5, 5.41) is 9.33. The highest BCUT2D eigenvalue weighted by Crippen LogP contribution is 2.19. The number of nitrogens with two attached hydrogens (primary N) is 1. The van der Waals surface area contributed by atoms with Gasteiger partial charge in [0.15, 0.2) is 0 Å². The van der Waals surface area contributed by atoms with Crippen LogP contribution in [0.5, 0.6) is 0 Å². The van der Waals surface area contributed by atoms with E-state index in [-0.39, 0.29) is 6.10 Å². The fourth-order valence-corrected chi connectivity index (χ4v) is 1.56. The van der Waals surface area contributed by atoms with Crippen LogP contribution in [0, 0.1) is 0 Å². The molecule has 1 saturated heterocycles. The van der Waals surface area contributed by atoms with E-state index in [4.69, 9.17) is 5.73 Å². The summed E-state index contributed by atoms with van der Waals surface area (Å²) in [4.78, 5) is 6.23. The maximum Gasteiger partial charge on any atom is 0.130 e. The molecule has 1 aromatic rings. The zero-order valence-corrected chi connectivity index (χ0v) is 7.35. The van der Waals surface area contributed by atoms with E-state index in [2.05, 4.69) is 4.98 Å². The van der Waals surface area contributed by atoms with Crippen LogP contribution in [0.25, 0.3) is 0 Å². The lowest BCUT2D eigenvalue weighted by Crippen LogP contribution is -2.22. The van der Waals surface area contributed by atoms with Crippen LogP contribution >= 0.6 is 0 Å². The molecule has 2 rings (SSSR count). The normalized spacial score (nSPS) is 22.2. The summed E-state index contributed by atoms with van der Waals surface area (Å²) in [6, 6.07) is 3.59. The van der Waals surface area contributed by atoms with Crippen molar-refractivity contribution in [3.05, 3.63) is 18.3 Å². The summed E-state index contributed by atoms with van der Waals surface area (Å²) < 4.78 is 0. The SMILES string of the molecule is Nc1ccnc(N2CC[C@@H](O)C2)c1. The predicted octanol–water partition coefficient (Wildman–Crippen LogP) is 0.235. The van der Waals surface area contributed by atoms with Crippen molar-refractivity contribution in [2.45, 2.75) is 12.5 Å². The third kappa shape index (κ3) is 1.72. The fraction of sp³-hybridized carbons (Fsp3) is 0.444. The molecule has 1 aromatic heterocycles. The maximum absolute atomic E-state index is 9.33. The van der Waals surface area contributed by atoms with Crippen molar-refractivity contribution in [1.29, 1.82) is 0 Å². The third-order valence-electron chi connectivity index (χ3n) is 2.26. The van der Waals surface area contributed by atoms with Crippen LogP contribution in [0.1, 0.15) is 6.42 Å². The predicted molar refractivity (Wildman–Crippen MR) is 51.5 cm³/mol. The Hall–Kier alpha value is -1.29. The summed E-state index contributed by atoms with van der Waals surface area (Å²) in [6.07, 6.45) is 2.29. The van der Waals surface area contributed by atoms with E-state index in [9.17, 15) is 5.11 Å². The molecule has 0 aromatic carbocycles. The Bertz CT molecular complexity index is 303. The quantitative estimate of drug-likeness (QED) is 0.648. The van der Waals surface area contributed by atoms with Crippen molar-refractivity contribution in [3.63, 3.8) is 0 Å². The van der Waals surface area contributed by atoms with Gasteiger partial charge in [-0.15, -0.1) is 0 Å². The first kappa shape index (κ1) is 8.31. The molecule has 0 spiro atoms. The summed E-state index contributed by atoms with van der Waals surface area (Å²) >= 11 is 0. The van der Waals surface area contributed by atoms with E-state index in [0.29, 0.717) is 12.2 Å². The van der Waals surface area contributed by atoms with Crippen molar-refractivity contribution >= 4 is 11.5 Å². The topological polar surface area (TPSA) is 62.4 Å². The molecule has 0 saturated carbocycles. The molecule has 0 bridgehead atoms. The lowest BCUT2D eigenvalue weighted by molar-refractivity contribution is 0.198. The molecule has 1 aliphatic rings. The van der Waals surface area contributed by atoms with E-state index in [1.54, 1.807) is 12.3 Å². The number of aromatic nitrogens is 1. The van der Waals surface area contributed by atoms with Gasteiger partial charge in [0.25, 0.3) is 0 Å². The number of hydrogen-bond acceptors (Lipinski definition) is 4. The van der Waals surface area contributed by atoms with Gasteiger partial charge in [0.2, 0.25) is 0 Å². The third-order valence-corrected chi connectivity index (χ3v) is 2.26. The number of nitrogen functional groups attached to an aromatic ring is 1. The molecule has 0 unspecified atom stereocenters. The van der Waals surface area contributed by atoms with E-state index in [1.165, 1.54) is 0 Å². The van der Waals surface area contributed by atoms with Gasteiger partial charge in [0, 0.05) is 31.0 Å². The highest BCUT2D eigenvalue weighted by atomic mass is 16.3. The first-order valence-electron chi connectivity index (χ1n) is 4.40. The van der Waals surface area contributed by atoms with Crippen LogP contribution in [0.15, 0.2) is 18.3 Å². The number of hydrogen-bond donors (Lipinski definition) is 2. The first-order valence-corrected chi connectivity index (χ1v) is 4.40. The van der Waals surface area contributed by atoms with Gasteiger partial charge < -0.3 is 15.7 Å². The molecule has 0 aliphatic carbocycles. The number of β-amino-alcohol motifs (C(OH)–C–C–N with tert-alkyl or cyclic N) is 1. The smallest absolute Gasteiger partial charge is 0.130 e. The van der Waals surface area contributed by atoms with Gasteiger partial charge in [0.05, 0.1) is 6.10 Å². The van der Waals surface area contributed by atoms with Gasteiger partial charge in [-0.25, -0.2) is 4.98 Å². The largest absolute Gasteiger partial charge is 0.399 e. The fourth-order valence-electron chi connectivity index (χ4n) is 1.56. The Balaban J connectivity index is 2.16. The number of aliphatic hydroxyl groups excluding tert-OH is 1. The van der Waals surface area contributed by atoms with Gasteiger partial charge in [-0.1, -0.05) is 0 Å². The summed E-state index contributed by atoms with van der Waals surface area (Å²) in [5.41, 5.74) is 6.35. The second-order valence-corrected chi connectivity index (χ2v) is 3.34. The Morgan fingerprint density at radius 3 is 3.08 bits per heavy atom. The zero-order chi connectivity index (χ0) is 9.26. The van der Waals surface area contributed by atoms with Crippen molar-refractivity contribution in [2.75, 3.05) is 23.7 Å². The lowest BCUT2D eigenvalue weighted by atomic mass is 10.3. The lowest BCUT2D eigenvalue weighted by Gasteiger charge is -2.16. The van der Waals surface area contributed by atoms with E-state index < -0.39 is 0 Å². The Labute approximate surface area is 77.0 Å². The molecule has 0 amide bonds.